The van der Waals surface area contributed by atoms with E-state index in [1.54, 1.807) is 18.2 Å². The van der Waals surface area contributed by atoms with E-state index in [4.69, 9.17) is 16.2 Å². The van der Waals surface area contributed by atoms with E-state index in [0.29, 0.717) is 5.56 Å². The molecular formula is C15H18N4O5. The molecule has 0 saturated heterocycles. The number of aliphatic hydroxyl groups is 2. The fourth-order valence-electron chi connectivity index (χ4n) is 1.96. The Labute approximate surface area is 137 Å². The molecule has 6 N–H and O–H groups in total. The van der Waals surface area contributed by atoms with Crippen molar-refractivity contribution in [1.29, 1.82) is 0 Å². The summed E-state index contributed by atoms with van der Waals surface area (Å²) in [6, 6.07) is 6.35. The zero-order chi connectivity index (χ0) is 17.9. The Morgan fingerprint density at radius 1 is 1.25 bits per heavy atom. The lowest BCUT2D eigenvalue weighted by Gasteiger charge is -2.18. The lowest BCUT2D eigenvalue weighted by atomic mass is 10.0. The van der Waals surface area contributed by atoms with Gasteiger partial charge in [-0.15, -0.1) is 0 Å². The van der Waals surface area contributed by atoms with Crippen LogP contribution in [0.4, 0.5) is 11.8 Å². The maximum atomic E-state index is 11.7. The summed E-state index contributed by atoms with van der Waals surface area (Å²) >= 11 is 0. The van der Waals surface area contributed by atoms with E-state index in [1.807, 2.05) is 0 Å². The number of nitrogens with two attached hydrogens (primary N) is 2. The largest absolute Gasteiger partial charge is 0.465 e. The van der Waals surface area contributed by atoms with Crippen LogP contribution in [0.15, 0.2) is 24.3 Å². The first-order valence-electron chi connectivity index (χ1n) is 6.98. The molecule has 0 spiro atoms. The number of methoxy groups -OCH3 is 1. The number of rotatable bonds is 5. The topological polar surface area (TPSA) is 154 Å². The summed E-state index contributed by atoms with van der Waals surface area (Å²) in [6.07, 6.45) is -2.71. The first kappa shape index (κ1) is 17.4. The van der Waals surface area contributed by atoms with Gasteiger partial charge >= 0.3 is 5.97 Å². The second kappa shape index (κ2) is 7.11. The van der Waals surface area contributed by atoms with E-state index in [9.17, 15) is 15.0 Å². The highest BCUT2D eigenvalue weighted by atomic mass is 16.6. The molecule has 9 heteroatoms. The molecule has 1 heterocycles. The standard InChI is InChI=1S/C15H18N4O5/c1-7(20)13(21)24-12-10(11(16)18-15(17)19-12)8-4-3-5-9(6-8)14(22)23-2/h3-7,13,20-21H,1-2H3,(H4,16,17,18,19)/t7-,13-/m0/s1. The molecule has 128 valence electrons. The molecule has 0 aliphatic heterocycles. The van der Waals surface area contributed by atoms with E-state index < -0.39 is 18.4 Å². The van der Waals surface area contributed by atoms with Gasteiger partial charge in [-0.05, 0) is 24.6 Å². The Hall–Kier alpha value is -2.91. The molecule has 1 aromatic carbocycles. The monoisotopic (exact) mass is 334 g/mol. The quantitative estimate of drug-likeness (QED) is 0.442. The van der Waals surface area contributed by atoms with Gasteiger partial charge in [0.2, 0.25) is 18.1 Å². The van der Waals surface area contributed by atoms with Crippen LogP contribution >= 0.6 is 0 Å². The molecule has 24 heavy (non-hydrogen) atoms. The minimum atomic E-state index is -1.54. The van der Waals surface area contributed by atoms with Crippen LogP contribution in [0.25, 0.3) is 11.1 Å². The van der Waals surface area contributed by atoms with Gasteiger partial charge in [0.05, 0.1) is 18.2 Å². The van der Waals surface area contributed by atoms with Crippen molar-refractivity contribution in [1.82, 2.24) is 9.97 Å². The van der Waals surface area contributed by atoms with Crippen molar-refractivity contribution in [3.8, 4) is 17.0 Å². The van der Waals surface area contributed by atoms with Crippen LogP contribution in [0.1, 0.15) is 17.3 Å². The van der Waals surface area contributed by atoms with E-state index in [0.717, 1.165) is 0 Å². The van der Waals surface area contributed by atoms with Crippen LogP contribution in [0.5, 0.6) is 5.88 Å². The van der Waals surface area contributed by atoms with Crippen LogP contribution < -0.4 is 16.2 Å². The number of hydrogen-bond donors (Lipinski definition) is 4. The van der Waals surface area contributed by atoms with Crippen molar-refractivity contribution in [3.63, 3.8) is 0 Å². The molecule has 0 aliphatic carbocycles. The van der Waals surface area contributed by atoms with Crippen molar-refractivity contribution in [2.45, 2.75) is 19.3 Å². The van der Waals surface area contributed by atoms with Gasteiger partial charge in [0.1, 0.15) is 11.9 Å². The minimum absolute atomic E-state index is 0.00249. The maximum Gasteiger partial charge on any atom is 0.337 e. The highest BCUT2D eigenvalue weighted by Crippen LogP contribution is 2.34. The number of anilines is 2. The van der Waals surface area contributed by atoms with Gasteiger partial charge in [-0.2, -0.15) is 9.97 Å². The summed E-state index contributed by atoms with van der Waals surface area (Å²) in [5.41, 5.74) is 12.4. The van der Waals surface area contributed by atoms with Gasteiger partial charge in [-0.25, -0.2) is 4.79 Å². The third kappa shape index (κ3) is 3.70. The third-order valence-corrected chi connectivity index (χ3v) is 3.14. The Kier molecular flexibility index (Phi) is 5.17. The minimum Gasteiger partial charge on any atom is -0.465 e. The Bertz CT molecular complexity index is 751. The number of esters is 1. The number of benzene rings is 1. The molecule has 1 aromatic heterocycles. The normalized spacial score (nSPS) is 13.2. The Morgan fingerprint density at radius 3 is 2.58 bits per heavy atom. The van der Waals surface area contributed by atoms with Crippen molar-refractivity contribution in [2.24, 2.45) is 0 Å². The van der Waals surface area contributed by atoms with Crippen LogP contribution in [-0.2, 0) is 4.74 Å². The molecule has 2 atom stereocenters. The molecule has 0 aliphatic rings. The zero-order valence-electron chi connectivity index (χ0n) is 13.1. The maximum absolute atomic E-state index is 11.7. The molecule has 0 unspecified atom stereocenters. The number of carbonyl (C=O) groups is 1. The van der Waals surface area contributed by atoms with Gasteiger partial charge in [0.25, 0.3) is 0 Å². The van der Waals surface area contributed by atoms with Crippen molar-refractivity contribution >= 4 is 17.7 Å². The van der Waals surface area contributed by atoms with Crippen LogP contribution in [0.2, 0.25) is 0 Å². The van der Waals surface area contributed by atoms with Gasteiger partial charge in [-0.3, -0.25) is 0 Å². The van der Waals surface area contributed by atoms with Crippen molar-refractivity contribution in [2.75, 3.05) is 18.6 Å². The van der Waals surface area contributed by atoms with E-state index in [-0.39, 0.29) is 28.8 Å². The second-order valence-electron chi connectivity index (χ2n) is 4.97. The number of carbonyl (C=O) groups excluding carboxylic acids is 1. The molecule has 0 fully saturated rings. The lowest BCUT2D eigenvalue weighted by molar-refractivity contribution is -0.0976. The molecule has 0 bridgehead atoms. The molecule has 0 amide bonds. The number of hydrogen-bond acceptors (Lipinski definition) is 9. The van der Waals surface area contributed by atoms with Gasteiger partial charge in [-0.1, -0.05) is 12.1 Å². The molecule has 0 saturated carbocycles. The number of nitrogens with zero attached hydrogens (tertiary/aromatic N) is 2. The fraction of sp³-hybridized carbons (Fsp3) is 0.267. The average molecular weight is 334 g/mol. The van der Waals surface area contributed by atoms with Crippen LogP contribution in [0, 0.1) is 0 Å². The number of nitrogen functional groups attached to an aromatic ring is 2. The summed E-state index contributed by atoms with van der Waals surface area (Å²) in [4.78, 5) is 19.4. The Balaban J connectivity index is 2.55. The average Bonchev–Trinajstić information content (AvgIpc) is 2.53. The SMILES string of the molecule is COC(=O)c1cccc(-c2c(N)nc(N)nc2O[C@H](O)[C@H](C)O)c1. The van der Waals surface area contributed by atoms with Crippen LogP contribution in [0.3, 0.4) is 0 Å². The first-order chi connectivity index (χ1) is 11.3. The highest BCUT2D eigenvalue weighted by Gasteiger charge is 2.21. The smallest absolute Gasteiger partial charge is 0.337 e. The van der Waals surface area contributed by atoms with Crippen molar-refractivity contribution < 1.29 is 24.5 Å². The summed E-state index contributed by atoms with van der Waals surface area (Å²) in [5.74, 6) is -0.806. The number of aromatic nitrogens is 2. The predicted octanol–water partition coefficient (Wildman–Crippen LogP) is 0.173. The first-order valence-corrected chi connectivity index (χ1v) is 6.98. The highest BCUT2D eigenvalue weighted by molar-refractivity contribution is 5.92. The predicted molar refractivity (Wildman–Crippen MR) is 85.9 cm³/mol. The fourth-order valence-corrected chi connectivity index (χ4v) is 1.96. The molecule has 2 aromatic rings. The number of ether oxygens (including phenoxy) is 2. The second-order valence-corrected chi connectivity index (χ2v) is 4.97. The molecular weight excluding hydrogens is 316 g/mol. The van der Waals surface area contributed by atoms with Gasteiger partial charge < -0.3 is 31.2 Å². The van der Waals surface area contributed by atoms with Crippen LogP contribution in [-0.4, -0.2) is 45.7 Å². The summed E-state index contributed by atoms with van der Waals surface area (Å²) < 4.78 is 9.90. The van der Waals surface area contributed by atoms with Gasteiger partial charge in [0.15, 0.2) is 0 Å². The van der Waals surface area contributed by atoms with E-state index in [1.165, 1.54) is 20.1 Å². The molecule has 0 radical (unpaired) electrons. The van der Waals surface area contributed by atoms with E-state index >= 15 is 0 Å². The lowest BCUT2D eigenvalue weighted by Crippen LogP contribution is -2.29. The summed E-state index contributed by atoms with van der Waals surface area (Å²) in [6.45, 7) is 1.34. The summed E-state index contributed by atoms with van der Waals surface area (Å²) in [7, 11) is 1.27. The zero-order valence-corrected chi connectivity index (χ0v) is 13.1. The third-order valence-electron chi connectivity index (χ3n) is 3.14. The number of aliphatic hydroxyl groups excluding tert-OH is 2. The Morgan fingerprint density at radius 2 is 1.96 bits per heavy atom. The van der Waals surface area contributed by atoms with E-state index in [2.05, 4.69) is 14.7 Å². The molecule has 9 nitrogen and oxygen atoms in total. The summed E-state index contributed by atoms with van der Waals surface area (Å²) in [5, 5.41) is 19.1. The molecule has 2 rings (SSSR count). The van der Waals surface area contributed by atoms with Crippen molar-refractivity contribution in [3.05, 3.63) is 29.8 Å². The van der Waals surface area contributed by atoms with Gasteiger partial charge in [0, 0.05) is 0 Å².